The molecule has 0 unspecified atom stereocenters. The van der Waals surface area contributed by atoms with Gasteiger partial charge in [0.15, 0.2) is 0 Å². The normalized spacial score (nSPS) is 9.64. The van der Waals surface area contributed by atoms with E-state index in [4.69, 9.17) is 5.26 Å². The van der Waals surface area contributed by atoms with Crippen LogP contribution in [0.25, 0.3) is 0 Å². The molecule has 0 saturated heterocycles. The maximum Gasteiger partial charge on any atom is 0.260 e. The molecule has 1 radical (unpaired) electrons. The first kappa shape index (κ1) is 9.74. The maximum absolute atomic E-state index is 9.91. The minimum Gasteiger partial charge on any atom is -0.349 e. The molecule has 0 atom stereocenters. The zero-order valence-corrected chi connectivity index (χ0v) is 7.10. The lowest BCUT2D eigenvalue weighted by Gasteiger charge is -1.97. The van der Waals surface area contributed by atoms with E-state index in [-0.39, 0.29) is 0 Å². The molecule has 69 valence electrons. The lowest BCUT2D eigenvalue weighted by molar-refractivity contribution is -0.403. The van der Waals surface area contributed by atoms with Gasteiger partial charge in [-0.15, -0.1) is 0 Å². The van der Waals surface area contributed by atoms with Crippen LogP contribution in [0.1, 0.15) is 5.56 Å². The van der Waals surface area contributed by atoms with Gasteiger partial charge in [-0.3, -0.25) is 10.1 Å². The van der Waals surface area contributed by atoms with Crippen LogP contribution in [0, 0.1) is 27.6 Å². The Morgan fingerprint density at radius 2 is 2.36 bits per heavy atom. The number of nitro groups is 1. The smallest absolute Gasteiger partial charge is 0.260 e. The van der Waals surface area contributed by atoms with Gasteiger partial charge in [0, 0.05) is 5.69 Å². The molecule has 0 aliphatic heterocycles. The summed E-state index contributed by atoms with van der Waals surface area (Å²) in [4.78, 5) is 9.28. The maximum atomic E-state index is 9.91. The topological polar surface area (TPSA) is 79.0 Å². The Morgan fingerprint density at radius 1 is 1.57 bits per heavy atom. The van der Waals surface area contributed by atoms with Crippen LogP contribution in [0.3, 0.4) is 0 Å². The lowest BCUT2D eigenvalue weighted by atomic mass is 10.2. The van der Waals surface area contributed by atoms with E-state index in [0.29, 0.717) is 17.5 Å². The number of hydrogen-bond donors (Lipinski definition) is 1. The van der Waals surface area contributed by atoms with Crippen LogP contribution in [0.4, 0.5) is 5.69 Å². The summed E-state index contributed by atoms with van der Waals surface area (Å²) in [5.74, 6) is 0. The summed E-state index contributed by atoms with van der Waals surface area (Å²) in [6.07, 6.45) is 2.93. The summed E-state index contributed by atoms with van der Waals surface area (Å²) in [6.45, 7) is 0. The van der Waals surface area contributed by atoms with E-state index < -0.39 is 4.92 Å². The number of nitriles is 1. The zero-order valence-electron chi connectivity index (χ0n) is 7.10. The van der Waals surface area contributed by atoms with Gasteiger partial charge >= 0.3 is 0 Å². The first-order valence-corrected chi connectivity index (χ1v) is 3.71. The number of rotatable bonds is 3. The third-order valence-electron chi connectivity index (χ3n) is 1.38. The van der Waals surface area contributed by atoms with Crippen LogP contribution < -0.4 is 5.32 Å². The second-order valence-electron chi connectivity index (χ2n) is 2.38. The van der Waals surface area contributed by atoms with Crippen LogP contribution in [-0.4, -0.2) is 4.92 Å². The zero-order chi connectivity index (χ0) is 10.4. The summed E-state index contributed by atoms with van der Waals surface area (Å²) in [6, 6.07) is 8.52. The van der Waals surface area contributed by atoms with Gasteiger partial charge in [-0.05, 0) is 18.2 Å². The highest BCUT2D eigenvalue weighted by Crippen LogP contribution is 2.08. The largest absolute Gasteiger partial charge is 0.349 e. The van der Waals surface area contributed by atoms with Crippen molar-refractivity contribution in [3.63, 3.8) is 0 Å². The Labute approximate surface area is 80.4 Å². The Morgan fingerprint density at radius 3 is 3.00 bits per heavy atom. The van der Waals surface area contributed by atoms with Gasteiger partial charge in [0.05, 0.1) is 16.6 Å². The second-order valence-corrected chi connectivity index (χ2v) is 2.38. The van der Waals surface area contributed by atoms with E-state index in [2.05, 4.69) is 11.5 Å². The monoisotopic (exact) mass is 188 g/mol. The fraction of sp³-hybridized carbons (Fsp3) is 0. The molecule has 5 nitrogen and oxygen atoms in total. The predicted octanol–water partition coefficient (Wildman–Crippen LogP) is 1.52. The van der Waals surface area contributed by atoms with Crippen molar-refractivity contribution >= 4 is 5.69 Å². The number of nitrogens with zero attached hydrogens (tertiary/aromatic N) is 2. The SMILES string of the molecule is N#Cc1cccc(N/[C]=C/[N+](=O)[O-])c1. The van der Waals surface area contributed by atoms with Crippen molar-refractivity contribution in [2.24, 2.45) is 0 Å². The molecule has 5 heteroatoms. The highest BCUT2D eigenvalue weighted by atomic mass is 16.6. The molecule has 0 bridgehead atoms. The molecule has 1 rings (SSSR count). The van der Waals surface area contributed by atoms with E-state index in [1.807, 2.05) is 6.07 Å². The summed E-state index contributed by atoms with van der Waals surface area (Å²) < 4.78 is 0. The van der Waals surface area contributed by atoms with Crippen molar-refractivity contribution in [3.05, 3.63) is 52.3 Å². The standard InChI is InChI=1S/C9H6N3O2/c10-7-8-2-1-3-9(6-8)11-4-5-12(13)14/h1-3,5-6,11H. The van der Waals surface area contributed by atoms with Gasteiger partial charge in [0.25, 0.3) is 6.20 Å². The van der Waals surface area contributed by atoms with Gasteiger partial charge in [-0.2, -0.15) is 5.26 Å². The van der Waals surface area contributed by atoms with E-state index in [1.165, 1.54) is 0 Å². The molecule has 0 aliphatic carbocycles. The second kappa shape index (κ2) is 4.62. The van der Waals surface area contributed by atoms with E-state index in [0.717, 1.165) is 0 Å². The first-order chi connectivity index (χ1) is 6.72. The lowest BCUT2D eigenvalue weighted by Crippen LogP contribution is -1.92. The van der Waals surface area contributed by atoms with E-state index in [9.17, 15) is 10.1 Å². The van der Waals surface area contributed by atoms with Crippen molar-refractivity contribution in [2.45, 2.75) is 0 Å². The fourth-order valence-electron chi connectivity index (χ4n) is 0.835. The van der Waals surface area contributed by atoms with Gasteiger partial charge < -0.3 is 5.32 Å². The van der Waals surface area contributed by atoms with Gasteiger partial charge in [0.2, 0.25) is 0 Å². The Kier molecular flexibility index (Phi) is 3.21. The molecule has 0 spiro atoms. The van der Waals surface area contributed by atoms with Crippen molar-refractivity contribution in [1.82, 2.24) is 0 Å². The number of anilines is 1. The predicted molar refractivity (Wildman–Crippen MR) is 49.6 cm³/mol. The minimum absolute atomic E-state index is 0.484. The highest BCUT2D eigenvalue weighted by Gasteiger charge is 1.93. The third-order valence-corrected chi connectivity index (χ3v) is 1.38. The average molecular weight is 188 g/mol. The Bertz CT molecular complexity index is 407. The number of nitrogens with one attached hydrogen (secondary N) is 1. The molecular formula is C9H6N3O2. The molecule has 0 fully saturated rings. The van der Waals surface area contributed by atoms with E-state index in [1.54, 1.807) is 24.3 Å². The molecule has 0 aromatic heterocycles. The molecule has 0 aliphatic rings. The Hall–Kier alpha value is -2.35. The molecule has 0 saturated carbocycles. The van der Waals surface area contributed by atoms with Gasteiger partial charge in [0.1, 0.15) is 6.20 Å². The third kappa shape index (κ3) is 2.95. The summed E-state index contributed by atoms with van der Waals surface area (Å²) in [7, 11) is 0. The molecule has 0 amide bonds. The van der Waals surface area contributed by atoms with Crippen LogP contribution in [0.5, 0.6) is 0 Å². The first-order valence-electron chi connectivity index (χ1n) is 3.71. The fourth-order valence-corrected chi connectivity index (χ4v) is 0.835. The van der Waals surface area contributed by atoms with Crippen molar-refractivity contribution in [2.75, 3.05) is 5.32 Å². The summed E-state index contributed by atoms with van der Waals surface area (Å²) in [5.41, 5.74) is 1.07. The Balaban J connectivity index is 2.69. The average Bonchev–Trinajstić information content (AvgIpc) is 2.18. The van der Waals surface area contributed by atoms with Crippen LogP contribution in [0.15, 0.2) is 30.5 Å². The van der Waals surface area contributed by atoms with Crippen molar-refractivity contribution in [1.29, 1.82) is 5.26 Å². The highest BCUT2D eigenvalue weighted by molar-refractivity contribution is 5.49. The molecular weight excluding hydrogens is 182 g/mol. The molecule has 0 heterocycles. The van der Waals surface area contributed by atoms with Crippen LogP contribution >= 0.6 is 0 Å². The van der Waals surface area contributed by atoms with Gasteiger partial charge in [-0.1, -0.05) is 6.07 Å². The number of hydrogen-bond acceptors (Lipinski definition) is 4. The molecule has 1 aromatic rings. The van der Waals surface area contributed by atoms with Crippen LogP contribution in [-0.2, 0) is 0 Å². The number of benzene rings is 1. The molecule has 14 heavy (non-hydrogen) atoms. The van der Waals surface area contributed by atoms with Crippen LogP contribution in [0.2, 0.25) is 0 Å². The minimum atomic E-state index is -0.624. The van der Waals surface area contributed by atoms with Crippen molar-refractivity contribution < 1.29 is 4.92 Å². The molecule has 1 N–H and O–H groups in total. The quantitative estimate of drug-likeness (QED) is 0.443. The van der Waals surface area contributed by atoms with Gasteiger partial charge in [-0.25, -0.2) is 0 Å². The van der Waals surface area contributed by atoms with Crippen molar-refractivity contribution in [3.8, 4) is 6.07 Å². The molecule has 1 aromatic carbocycles. The summed E-state index contributed by atoms with van der Waals surface area (Å²) in [5, 5.41) is 21.0. The summed E-state index contributed by atoms with van der Waals surface area (Å²) >= 11 is 0. The van der Waals surface area contributed by atoms with E-state index >= 15 is 0 Å².